The van der Waals surface area contributed by atoms with Gasteiger partial charge >= 0.3 is 0 Å². The van der Waals surface area contributed by atoms with E-state index in [0.29, 0.717) is 11.3 Å². The zero-order chi connectivity index (χ0) is 18.2. The fourth-order valence-corrected chi connectivity index (χ4v) is 3.32. The monoisotopic (exact) mass is 370 g/mol. The van der Waals surface area contributed by atoms with Gasteiger partial charge in [0.1, 0.15) is 11.8 Å². The summed E-state index contributed by atoms with van der Waals surface area (Å²) in [5.41, 5.74) is 2.81. The Morgan fingerprint density at radius 2 is 2.15 bits per heavy atom. The molecule has 1 aliphatic rings. The van der Waals surface area contributed by atoms with Crippen molar-refractivity contribution >= 4 is 28.5 Å². The van der Waals surface area contributed by atoms with Crippen LogP contribution in [0.3, 0.4) is 0 Å². The van der Waals surface area contributed by atoms with E-state index in [1.807, 2.05) is 18.2 Å². The van der Waals surface area contributed by atoms with Crippen molar-refractivity contribution in [1.82, 2.24) is 5.43 Å². The number of hydrogen-bond acceptors (Lipinski definition) is 7. The molecular formula is C18H18N4O3S. The Morgan fingerprint density at radius 3 is 2.96 bits per heavy atom. The lowest BCUT2D eigenvalue weighted by Gasteiger charge is -2.27. The van der Waals surface area contributed by atoms with Crippen molar-refractivity contribution in [1.29, 1.82) is 5.26 Å². The van der Waals surface area contributed by atoms with E-state index in [1.54, 1.807) is 41.8 Å². The fraction of sp³-hybridized carbons (Fsp3) is 0.278. The topological polar surface area (TPSA) is 86.9 Å². The Balaban J connectivity index is 1.47. The first-order valence-corrected chi connectivity index (χ1v) is 8.94. The largest absolute Gasteiger partial charge is 0.482 e. The highest BCUT2D eigenvalue weighted by Gasteiger charge is 2.12. The number of hydrogen-bond donors (Lipinski definition) is 1. The fourth-order valence-electron chi connectivity index (χ4n) is 2.39. The zero-order valence-electron chi connectivity index (χ0n) is 14.1. The van der Waals surface area contributed by atoms with E-state index in [0.717, 1.165) is 36.2 Å². The van der Waals surface area contributed by atoms with Gasteiger partial charge < -0.3 is 14.4 Å². The van der Waals surface area contributed by atoms with Crippen LogP contribution in [0.25, 0.3) is 0 Å². The second kappa shape index (κ2) is 8.99. The molecule has 1 aromatic carbocycles. The van der Waals surface area contributed by atoms with Crippen molar-refractivity contribution in [2.75, 3.05) is 37.8 Å². The summed E-state index contributed by atoms with van der Waals surface area (Å²) in [5, 5.41) is 14.1. The molecule has 8 heteroatoms. The van der Waals surface area contributed by atoms with Gasteiger partial charge in [-0.05, 0) is 24.3 Å². The first-order valence-electron chi connectivity index (χ1n) is 8.12. The number of carbonyl (C=O) groups excluding carboxylic acids is 1. The molecule has 1 aliphatic heterocycles. The summed E-state index contributed by atoms with van der Waals surface area (Å²) in [6.07, 6.45) is 1.61. The number of carbonyl (C=O) groups is 1. The van der Waals surface area contributed by atoms with Gasteiger partial charge in [-0.1, -0.05) is 12.1 Å². The number of anilines is 1. The van der Waals surface area contributed by atoms with Gasteiger partial charge in [-0.25, -0.2) is 5.43 Å². The van der Waals surface area contributed by atoms with Crippen LogP contribution in [0.4, 0.5) is 5.00 Å². The first kappa shape index (κ1) is 17.9. The summed E-state index contributed by atoms with van der Waals surface area (Å²) >= 11 is 1.61. The minimum absolute atomic E-state index is 0.209. The Morgan fingerprint density at radius 1 is 1.35 bits per heavy atom. The van der Waals surface area contributed by atoms with Gasteiger partial charge in [-0.15, -0.1) is 11.3 Å². The molecule has 134 valence electrons. The van der Waals surface area contributed by atoms with Crippen LogP contribution in [0.15, 0.2) is 41.5 Å². The Labute approximate surface area is 155 Å². The van der Waals surface area contributed by atoms with E-state index in [9.17, 15) is 4.79 Å². The molecule has 1 fully saturated rings. The average Bonchev–Trinajstić information content (AvgIpc) is 3.16. The average molecular weight is 370 g/mol. The highest BCUT2D eigenvalue weighted by atomic mass is 32.1. The summed E-state index contributed by atoms with van der Waals surface area (Å²) in [4.78, 5) is 15.0. The lowest BCUT2D eigenvalue weighted by Crippen LogP contribution is -2.35. The minimum Gasteiger partial charge on any atom is -0.482 e. The van der Waals surface area contributed by atoms with Crippen molar-refractivity contribution in [3.8, 4) is 11.8 Å². The molecule has 0 atom stereocenters. The van der Waals surface area contributed by atoms with E-state index in [1.165, 1.54) is 0 Å². The smallest absolute Gasteiger partial charge is 0.277 e. The van der Waals surface area contributed by atoms with Gasteiger partial charge in [0, 0.05) is 18.0 Å². The number of thiophene rings is 1. The van der Waals surface area contributed by atoms with E-state index in [4.69, 9.17) is 14.7 Å². The number of amides is 1. The SMILES string of the molecule is N#Cc1ccccc1OCC(=O)N/N=C/c1ccc(N2CCOCC2)s1. The van der Waals surface area contributed by atoms with E-state index in [-0.39, 0.29) is 12.5 Å². The third kappa shape index (κ3) is 4.81. The Kier molecular flexibility index (Phi) is 6.19. The summed E-state index contributed by atoms with van der Waals surface area (Å²) in [7, 11) is 0. The molecule has 1 N–H and O–H groups in total. The number of rotatable bonds is 6. The molecule has 3 rings (SSSR count). The van der Waals surface area contributed by atoms with Gasteiger partial charge in [0.15, 0.2) is 6.61 Å². The van der Waals surface area contributed by atoms with Gasteiger partial charge in [0.05, 0.1) is 30.0 Å². The maximum atomic E-state index is 11.8. The van der Waals surface area contributed by atoms with Gasteiger partial charge in [-0.2, -0.15) is 10.4 Å². The second-order valence-electron chi connectivity index (χ2n) is 5.47. The quantitative estimate of drug-likeness (QED) is 0.621. The van der Waals surface area contributed by atoms with E-state index < -0.39 is 0 Å². The number of nitrogens with zero attached hydrogens (tertiary/aromatic N) is 3. The van der Waals surface area contributed by atoms with Crippen LogP contribution in [-0.4, -0.2) is 45.0 Å². The number of ether oxygens (including phenoxy) is 2. The minimum atomic E-state index is -0.390. The van der Waals surface area contributed by atoms with E-state index in [2.05, 4.69) is 15.4 Å². The lowest BCUT2D eigenvalue weighted by molar-refractivity contribution is -0.123. The molecule has 2 heterocycles. The van der Waals surface area contributed by atoms with Crippen molar-refractivity contribution in [3.05, 3.63) is 46.8 Å². The van der Waals surface area contributed by atoms with Gasteiger partial charge in [-0.3, -0.25) is 4.79 Å². The lowest BCUT2D eigenvalue weighted by atomic mass is 10.2. The summed E-state index contributed by atoms with van der Waals surface area (Å²) in [5.74, 6) is -0.0125. The van der Waals surface area contributed by atoms with Crippen molar-refractivity contribution in [3.63, 3.8) is 0 Å². The molecule has 1 aromatic heterocycles. The highest BCUT2D eigenvalue weighted by Crippen LogP contribution is 2.25. The Bertz CT molecular complexity index is 822. The summed E-state index contributed by atoms with van der Waals surface area (Å²) < 4.78 is 10.7. The third-order valence-electron chi connectivity index (χ3n) is 3.68. The normalized spacial score (nSPS) is 14.2. The maximum Gasteiger partial charge on any atom is 0.277 e. The number of para-hydroxylation sites is 1. The Hall–Kier alpha value is -2.89. The molecule has 0 aliphatic carbocycles. The molecule has 1 saturated heterocycles. The van der Waals surface area contributed by atoms with Crippen LogP contribution in [0.2, 0.25) is 0 Å². The number of benzene rings is 1. The number of nitrogens with one attached hydrogen (secondary N) is 1. The molecule has 0 spiro atoms. The van der Waals surface area contributed by atoms with Gasteiger partial charge in [0.25, 0.3) is 5.91 Å². The van der Waals surface area contributed by atoms with Crippen LogP contribution in [0.5, 0.6) is 5.75 Å². The molecule has 0 saturated carbocycles. The van der Waals surface area contributed by atoms with Crippen LogP contribution >= 0.6 is 11.3 Å². The van der Waals surface area contributed by atoms with Crippen molar-refractivity contribution in [2.45, 2.75) is 0 Å². The summed E-state index contributed by atoms with van der Waals surface area (Å²) in [6.45, 7) is 3.04. The predicted molar refractivity (Wildman–Crippen MR) is 99.7 cm³/mol. The highest BCUT2D eigenvalue weighted by molar-refractivity contribution is 7.17. The number of nitriles is 1. The second-order valence-corrected chi connectivity index (χ2v) is 6.56. The van der Waals surface area contributed by atoms with Crippen molar-refractivity contribution in [2.24, 2.45) is 5.10 Å². The van der Waals surface area contributed by atoms with Crippen LogP contribution < -0.4 is 15.1 Å². The molecule has 0 bridgehead atoms. The molecule has 2 aromatic rings. The molecule has 1 amide bonds. The first-order chi connectivity index (χ1) is 12.8. The predicted octanol–water partition coefficient (Wildman–Crippen LogP) is 1.99. The van der Waals surface area contributed by atoms with Gasteiger partial charge in [0.2, 0.25) is 0 Å². The summed E-state index contributed by atoms with van der Waals surface area (Å²) in [6, 6.07) is 12.8. The van der Waals surface area contributed by atoms with Crippen LogP contribution in [0.1, 0.15) is 10.4 Å². The standard InChI is InChI=1S/C18H18N4O3S/c19-11-14-3-1-2-4-16(14)25-13-17(23)21-20-12-15-5-6-18(26-15)22-7-9-24-10-8-22/h1-6,12H,7-10,13H2,(H,21,23)/b20-12+. The molecule has 7 nitrogen and oxygen atoms in total. The third-order valence-corrected chi connectivity index (χ3v) is 4.76. The number of morpholine rings is 1. The number of hydrazone groups is 1. The molecule has 0 radical (unpaired) electrons. The van der Waals surface area contributed by atoms with Crippen LogP contribution in [-0.2, 0) is 9.53 Å². The molecule has 0 unspecified atom stereocenters. The van der Waals surface area contributed by atoms with Crippen molar-refractivity contribution < 1.29 is 14.3 Å². The molecule has 26 heavy (non-hydrogen) atoms. The maximum absolute atomic E-state index is 11.8. The van der Waals surface area contributed by atoms with E-state index >= 15 is 0 Å². The zero-order valence-corrected chi connectivity index (χ0v) is 14.9. The molecular weight excluding hydrogens is 352 g/mol. The van der Waals surface area contributed by atoms with Crippen LogP contribution in [0, 0.1) is 11.3 Å².